The zero-order valence-electron chi connectivity index (χ0n) is 14.6. The first kappa shape index (κ1) is 18.6. The van der Waals surface area contributed by atoms with Gasteiger partial charge in [-0.25, -0.2) is 9.78 Å². The van der Waals surface area contributed by atoms with E-state index in [4.69, 9.17) is 21.1 Å². The monoisotopic (exact) mass is 386 g/mol. The smallest absolute Gasteiger partial charge is 0.340 e. The van der Waals surface area contributed by atoms with Crippen LogP contribution in [0.4, 0.5) is 5.69 Å². The van der Waals surface area contributed by atoms with E-state index in [0.717, 1.165) is 5.39 Å². The second-order valence-electron chi connectivity index (χ2n) is 5.73. The van der Waals surface area contributed by atoms with E-state index in [1.165, 1.54) is 25.3 Å². The molecule has 3 rings (SSSR count). The highest BCUT2D eigenvalue weighted by atomic mass is 35.5. The predicted octanol–water partition coefficient (Wildman–Crippen LogP) is 4.47. The summed E-state index contributed by atoms with van der Waals surface area (Å²) in [7, 11) is 1.28. The third-order valence-electron chi connectivity index (χ3n) is 4.10. The van der Waals surface area contributed by atoms with Gasteiger partial charge in [0, 0.05) is 16.5 Å². The lowest BCUT2D eigenvalue weighted by molar-refractivity contribution is -0.385. The number of para-hydroxylation sites is 1. The first-order valence-corrected chi connectivity index (χ1v) is 8.33. The van der Waals surface area contributed by atoms with E-state index in [1.54, 1.807) is 6.92 Å². The summed E-state index contributed by atoms with van der Waals surface area (Å²) in [5, 5.41) is 12.3. The SMILES string of the molecule is COC(=O)c1c(COc2ccc(Cl)cc2[N+](=O)[O-])nc2ccccc2c1C. The van der Waals surface area contributed by atoms with Crippen LogP contribution in [0.2, 0.25) is 5.02 Å². The lowest BCUT2D eigenvalue weighted by atomic mass is 10.0. The van der Waals surface area contributed by atoms with Crippen molar-refractivity contribution in [3.63, 3.8) is 0 Å². The van der Waals surface area contributed by atoms with E-state index < -0.39 is 10.9 Å². The molecule has 0 unspecified atom stereocenters. The minimum Gasteiger partial charge on any atom is -0.480 e. The van der Waals surface area contributed by atoms with E-state index >= 15 is 0 Å². The molecule has 0 aliphatic carbocycles. The number of pyridine rings is 1. The number of nitrogens with zero attached hydrogens (tertiary/aromatic N) is 2. The first-order valence-electron chi connectivity index (χ1n) is 7.95. The molecule has 27 heavy (non-hydrogen) atoms. The zero-order chi connectivity index (χ0) is 19.6. The number of carbonyl (C=O) groups excluding carboxylic acids is 1. The molecule has 0 atom stereocenters. The van der Waals surface area contributed by atoms with Crippen molar-refractivity contribution in [2.45, 2.75) is 13.5 Å². The molecule has 0 amide bonds. The van der Waals surface area contributed by atoms with Crippen molar-refractivity contribution in [2.75, 3.05) is 7.11 Å². The fourth-order valence-corrected chi connectivity index (χ4v) is 2.99. The Labute approximate surface area is 159 Å². The fraction of sp³-hybridized carbons (Fsp3) is 0.158. The Bertz CT molecular complexity index is 1050. The zero-order valence-corrected chi connectivity index (χ0v) is 15.3. The molecule has 0 radical (unpaired) electrons. The molecule has 0 bridgehead atoms. The molecule has 0 saturated carbocycles. The summed E-state index contributed by atoms with van der Waals surface area (Å²) in [5.41, 5.74) is 1.75. The summed E-state index contributed by atoms with van der Waals surface area (Å²) < 4.78 is 10.5. The molecule has 8 heteroatoms. The van der Waals surface area contributed by atoms with Gasteiger partial charge in [0.05, 0.1) is 28.8 Å². The number of benzene rings is 2. The summed E-state index contributed by atoms with van der Waals surface area (Å²) in [4.78, 5) is 27.4. The number of rotatable bonds is 5. The molecule has 3 aromatic rings. The van der Waals surface area contributed by atoms with E-state index in [2.05, 4.69) is 4.98 Å². The maximum Gasteiger partial charge on any atom is 0.340 e. The van der Waals surface area contributed by atoms with Crippen LogP contribution >= 0.6 is 11.6 Å². The van der Waals surface area contributed by atoms with Gasteiger partial charge in [-0.05, 0) is 30.7 Å². The van der Waals surface area contributed by atoms with Gasteiger partial charge in [0.1, 0.15) is 6.61 Å². The number of aryl methyl sites for hydroxylation is 1. The molecule has 0 saturated heterocycles. The standard InChI is InChI=1S/C19H15ClN2O5/c1-11-13-5-3-4-6-14(13)21-15(18(11)19(23)26-2)10-27-17-8-7-12(20)9-16(17)22(24)25/h3-9H,10H2,1-2H3. The molecule has 2 aromatic carbocycles. The quantitative estimate of drug-likeness (QED) is 0.365. The van der Waals surface area contributed by atoms with Crippen LogP contribution in [0.3, 0.4) is 0 Å². The topological polar surface area (TPSA) is 91.6 Å². The molecule has 0 fully saturated rings. The first-order chi connectivity index (χ1) is 12.9. The van der Waals surface area contributed by atoms with Gasteiger partial charge in [0.15, 0.2) is 5.75 Å². The van der Waals surface area contributed by atoms with Crippen LogP contribution in [0.1, 0.15) is 21.6 Å². The van der Waals surface area contributed by atoms with Gasteiger partial charge in [0.2, 0.25) is 0 Å². The third kappa shape index (κ3) is 3.68. The summed E-state index contributed by atoms with van der Waals surface area (Å²) in [5.74, 6) is -0.511. The lowest BCUT2D eigenvalue weighted by Gasteiger charge is -2.14. The number of methoxy groups -OCH3 is 1. The average Bonchev–Trinajstić information content (AvgIpc) is 2.66. The number of hydrogen-bond acceptors (Lipinski definition) is 6. The summed E-state index contributed by atoms with van der Waals surface area (Å²) in [6.45, 7) is 1.66. The molecule has 0 N–H and O–H groups in total. The van der Waals surface area contributed by atoms with Gasteiger partial charge >= 0.3 is 11.7 Å². The Hall–Kier alpha value is -3.19. The molecule has 0 aliphatic rings. The highest BCUT2D eigenvalue weighted by molar-refractivity contribution is 6.30. The molecule has 7 nitrogen and oxygen atoms in total. The molecule has 1 aromatic heterocycles. The van der Waals surface area contributed by atoms with Gasteiger partial charge < -0.3 is 9.47 Å². The highest BCUT2D eigenvalue weighted by Gasteiger charge is 2.21. The van der Waals surface area contributed by atoms with Crippen LogP contribution in [0.15, 0.2) is 42.5 Å². The van der Waals surface area contributed by atoms with Crippen molar-refractivity contribution < 1.29 is 19.2 Å². The number of hydrogen-bond donors (Lipinski definition) is 0. The number of esters is 1. The molecule has 1 heterocycles. The summed E-state index contributed by atoms with van der Waals surface area (Å²) in [6.07, 6.45) is 0. The second kappa shape index (κ2) is 7.59. The fourth-order valence-electron chi connectivity index (χ4n) is 2.82. The highest BCUT2D eigenvalue weighted by Crippen LogP contribution is 2.31. The number of halogens is 1. The van der Waals surface area contributed by atoms with E-state index in [0.29, 0.717) is 16.8 Å². The van der Waals surface area contributed by atoms with Crippen molar-refractivity contribution in [1.29, 1.82) is 0 Å². The van der Waals surface area contributed by atoms with Gasteiger partial charge in [-0.1, -0.05) is 29.8 Å². The van der Waals surface area contributed by atoms with Crippen LogP contribution in [0.5, 0.6) is 5.75 Å². The Morgan fingerprint density at radius 1 is 1.26 bits per heavy atom. The molecular formula is C19H15ClN2O5. The number of ether oxygens (including phenoxy) is 2. The Morgan fingerprint density at radius 3 is 2.70 bits per heavy atom. The minimum atomic E-state index is -0.582. The second-order valence-corrected chi connectivity index (χ2v) is 6.16. The number of aromatic nitrogens is 1. The maximum atomic E-state index is 12.3. The summed E-state index contributed by atoms with van der Waals surface area (Å²) >= 11 is 5.82. The number of nitro groups is 1. The normalized spacial score (nSPS) is 10.6. The predicted molar refractivity (Wildman–Crippen MR) is 100 cm³/mol. The number of nitro benzene ring substituents is 1. The van der Waals surface area contributed by atoms with Crippen LogP contribution in [-0.2, 0) is 11.3 Å². The van der Waals surface area contributed by atoms with Crippen molar-refractivity contribution in [2.24, 2.45) is 0 Å². The van der Waals surface area contributed by atoms with Crippen LogP contribution in [0, 0.1) is 17.0 Å². The molecular weight excluding hydrogens is 372 g/mol. The lowest BCUT2D eigenvalue weighted by Crippen LogP contribution is -2.13. The molecule has 138 valence electrons. The average molecular weight is 387 g/mol. The van der Waals surface area contributed by atoms with Gasteiger partial charge in [-0.15, -0.1) is 0 Å². The Kier molecular flexibility index (Phi) is 5.23. The van der Waals surface area contributed by atoms with Crippen LogP contribution < -0.4 is 4.74 Å². The molecule has 0 spiro atoms. The van der Waals surface area contributed by atoms with Crippen molar-refractivity contribution >= 4 is 34.2 Å². The largest absolute Gasteiger partial charge is 0.480 e. The van der Waals surface area contributed by atoms with Crippen molar-refractivity contribution in [1.82, 2.24) is 4.98 Å². The third-order valence-corrected chi connectivity index (χ3v) is 4.33. The minimum absolute atomic E-state index is 0.0350. The maximum absolute atomic E-state index is 12.3. The van der Waals surface area contributed by atoms with Gasteiger partial charge in [-0.2, -0.15) is 0 Å². The number of fused-ring (bicyclic) bond motifs is 1. The number of carbonyl (C=O) groups is 1. The van der Waals surface area contributed by atoms with Crippen LogP contribution in [-0.4, -0.2) is 23.0 Å². The summed E-state index contributed by atoms with van der Waals surface area (Å²) in [6, 6.07) is 11.5. The van der Waals surface area contributed by atoms with E-state index in [9.17, 15) is 14.9 Å². The van der Waals surface area contributed by atoms with Crippen molar-refractivity contribution in [3.8, 4) is 5.75 Å². The van der Waals surface area contributed by atoms with E-state index in [-0.39, 0.29) is 28.6 Å². The van der Waals surface area contributed by atoms with Gasteiger partial charge in [0.25, 0.3) is 0 Å². The van der Waals surface area contributed by atoms with E-state index in [1.807, 2.05) is 24.3 Å². The van der Waals surface area contributed by atoms with Crippen LogP contribution in [0.25, 0.3) is 10.9 Å². The Morgan fingerprint density at radius 2 is 2.00 bits per heavy atom. The molecule has 0 aliphatic heterocycles. The van der Waals surface area contributed by atoms with Gasteiger partial charge in [-0.3, -0.25) is 10.1 Å². The van der Waals surface area contributed by atoms with Crippen molar-refractivity contribution in [3.05, 3.63) is 74.4 Å². The Balaban J connectivity index is 2.05.